The molecule has 0 radical (unpaired) electrons. The van der Waals surface area contributed by atoms with Crippen molar-refractivity contribution in [3.8, 4) is 0 Å². The van der Waals surface area contributed by atoms with E-state index < -0.39 is 12.1 Å². The number of nitrogens with two attached hydrogens (primary N) is 1. The van der Waals surface area contributed by atoms with Crippen LogP contribution in [0.5, 0.6) is 0 Å². The van der Waals surface area contributed by atoms with Crippen LogP contribution < -0.4 is 5.73 Å². The second kappa shape index (κ2) is 5.72. The van der Waals surface area contributed by atoms with Gasteiger partial charge in [-0.2, -0.15) is 0 Å². The minimum Gasteiger partial charge on any atom is -0.392 e. The Kier molecular flexibility index (Phi) is 5.34. The van der Waals surface area contributed by atoms with Crippen molar-refractivity contribution >= 4 is 5.91 Å². The predicted octanol–water partition coefficient (Wildman–Crippen LogP) is -0.271. The van der Waals surface area contributed by atoms with Crippen molar-refractivity contribution < 1.29 is 9.90 Å². The molecule has 4 heteroatoms. The van der Waals surface area contributed by atoms with E-state index in [1.165, 1.54) is 4.90 Å². The Balaban J connectivity index is 4.00. The summed E-state index contributed by atoms with van der Waals surface area (Å²) in [7, 11) is 1.62. The first-order chi connectivity index (χ1) is 5.99. The Morgan fingerprint density at radius 1 is 1.77 bits per heavy atom. The molecule has 0 aromatic heterocycles. The van der Waals surface area contributed by atoms with Crippen LogP contribution in [0, 0.1) is 0 Å². The van der Waals surface area contributed by atoms with Gasteiger partial charge in [-0.15, -0.1) is 6.58 Å². The van der Waals surface area contributed by atoms with Gasteiger partial charge in [0.1, 0.15) is 0 Å². The van der Waals surface area contributed by atoms with Gasteiger partial charge in [-0.1, -0.05) is 6.08 Å². The zero-order chi connectivity index (χ0) is 10.4. The molecule has 0 rings (SSSR count). The van der Waals surface area contributed by atoms with Crippen molar-refractivity contribution in [2.75, 3.05) is 13.6 Å². The van der Waals surface area contributed by atoms with Crippen molar-refractivity contribution in [3.63, 3.8) is 0 Å². The molecular weight excluding hydrogens is 168 g/mol. The summed E-state index contributed by atoms with van der Waals surface area (Å²) < 4.78 is 0. The maximum atomic E-state index is 11.4. The molecule has 1 amide bonds. The number of rotatable bonds is 5. The van der Waals surface area contributed by atoms with E-state index in [-0.39, 0.29) is 5.91 Å². The van der Waals surface area contributed by atoms with Gasteiger partial charge in [0.05, 0.1) is 12.1 Å². The highest BCUT2D eigenvalue weighted by Crippen LogP contribution is 1.96. The van der Waals surface area contributed by atoms with Gasteiger partial charge in [0.25, 0.3) is 0 Å². The molecule has 0 aliphatic carbocycles. The average molecular weight is 186 g/mol. The van der Waals surface area contributed by atoms with Crippen molar-refractivity contribution in [3.05, 3.63) is 12.7 Å². The van der Waals surface area contributed by atoms with Gasteiger partial charge in [-0.05, 0) is 13.3 Å². The van der Waals surface area contributed by atoms with Crippen molar-refractivity contribution in [1.29, 1.82) is 0 Å². The molecule has 0 saturated heterocycles. The van der Waals surface area contributed by atoms with Crippen LogP contribution in [0.15, 0.2) is 12.7 Å². The maximum absolute atomic E-state index is 11.4. The molecule has 0 aromatic rings. The van der Waals surface area contributed by atoms with Gasteiger partial charge in [0, 0.05) is 13.6 Å². The Morgan fingerprint density at radius 3 is 2.69 bits per heavy atom. The second-order valence-corrected chi connectivity index (χ2v) is 3.20. The molecule has 2 atom stereocenters. The van der Waals surface area contributed by atoms with Crippen LogP contribution in [-0.4, -0.2) is 41.7 Å². The smallest absolute Gasteiger partial charge is 0.239 e. The monoisotopic (exact) mass is 186 g/mol. The average Bonchev–Trinajstić information content (AvgIpc) is 2.02. The minimum atomic E-state index is -0.541. The summed E-state index contributed by atoms with van der Waals surface area (Å²) in [5, 5.41) is 9.03. The van der Waals surface area contributed by atoms with Crippen molar-refractivity contribution in [1.82, 2.24) is 4.90 Å². The Morgan fingerprint density at radius 2 is 2.31 bits per heavy atom. The number of aliphatic hydroxyl groups is 1. The third-order valence-corrected chi connectivity index (χ3v) is 1.65. The molecule has 3 N–H and O–H groups in total. The van der Waals surface area contributed by atoms with Gasteiger partial charge >= 0.3 is 0 Å². The number of amides is 1. The van der Waals surface area contributed by atoms with E-state index in [0.29, 0.717) is 13.0 Å². The van der Waals surface area contributed by atoms with Crippen molar-refractivity contribution in [2.45, 2.75) is 25.5 Å². The van der Waals surface area contributed by atoms with E-state index in [2.05, 4.69) is 6.58 Å². The van der Waals surface area contributed by atoms with Gasteiger partial charge in [0.15, 0.2) is 0 Å². The first-order valence-corrected chi connectivity index (χ1v) is 4.28. The number of carbonyl (C=O) groups excluding carboxylic acids is 1. The third kappa shape index (κ3) is 4.65. The standard InChI is InChI=1S/C9H18N2O2/c1-4-5-8(10)9(13)11(3)6-7(2)12/h4,7-8,12H,1,5-6,10H2,2-3H3. The Labute approximate surface area is 79.0 Å². The number of nitrogens with zero attached hydrogens (tertiary/aromatic N) is 1. The molecule has 0 aromatic carbocycles. The predicted molar refractivity (Wildman–Crippen MR) is 52.1 cm³/mol. The lowest BCUT2D eigenvalue weighted by atomic mass is 10.2. The number of aliphatic hydroxyl groups excluding tert-OH is 1. The number of likely N-dealkylation sites (N-methyl/N-ethyl adjacent to an activating group) is 1. The topological polar surface area (TPSA) is 66.6 Å². The lowest BCUT2D eigenvalue weighted by Crippen LogP contribution is -2.43. The van der Waals surface area contributed by atoms with Crippen LogP contribution in [0.3, 0.4) is 0 Å². The Hall–Kier alpha value is -0.870. The highest BCUT2D eigenvalue weighted by Gasteiger charge is 2.17. The molecule has 0 bridgehead atoms. The van der Waals surface area contributed by atoms with Crippen LogP contribution >= 0.6 is 0 Å². The lowest BCUT2D eigenvalue weighted by molar-refractivity contribution is -0.132. The molecule has 4 nitrogen and oxygen atoms in total. The number of carbonyl (C=O) groups is 1. The van der Waals surface area contributed by atoms with Gasteiger partial charge < -0.3 is 15.7 Å². The highest BCUT2D eigenvalue weighted by atomic mass is 16.3. The lowest BCUT2D eigenvalue weighted by Gasteiger charge is -2.21. The third-order valence-electron chi connectivity index (χ3n) is 1.65. The van der Waals surface area contributed by atoms with Crippen LogP contribution in [0.1, 0.15) is 13.3 Å². The van der Waals surface area contributed by atoms with Crippen LogP contribution in [0.2, 0.25) is 0 Å². The minimum absolute atomic E-state index is 0.166. The van der Waals surface area contributed by atoms with Gasteiger partial charge in [-0.3, -0.25) is 4.79 Å². The fraction of sp³-hybridized carbons (Fsp3) is 0.667. The molecule has 0 fully saturated rings. The molecule has 0 saturated carbocycles. The summed E-state index contributed by atoms with van der Waals surface area (Å²) in [5.74, 6) is -0.166. The van der Waals surface area contributed by atoms with Gasteiger partial charge in [0.2, 0.25) is 5.91 Å². The molecule has 2 unspecified atom stereocenters. The molecule has 0 spiro atoms. The molecule has 76 valence electrons. The van der Waals surface area contributed by atoms with E-state index >= 15 is 0 Å². The first-order valence-electron chi connectivity index (χ1n) is 4.28. The van der Waals surface area contributed by atoms with Crippen molar-refractivity contribution in [2.24, 2.45) is 5.73 Å². The zero-order valence-corrected chi connectivity index (χ0v) is 8.23. The van der Waals surface area contributed by atoms with Crippen LogP contribution in [0.4, 0.5) is 0 Å². The first kappa shape index (κ1) is 12.1. The zero-order valence-electron chi connectivity index (χ0n) is 8.23. The molecular formula is C9H18N2O2. The second-order valence-electron chi connectivity index (χ2n) is 3.20. The maximum Gasteiger partial charge on any atom is 0.239 e. The summed E-state index contributed by atoms with van der Waals surface area (Å²) in [6.07, 6.45) is 1.55. The summed E-state index contributed by atoms with van der Waals surface area (Å²) in [4.78, 5) is 12.8. The van der Waals surface area contributed by atoms with E-state index in [4.69, 9.17) is 10.8 Å². The number of hydrogen-bond acceptors (Lipinski definition) is 3. The summed E-state index contributed by atoms with van der Waals surface area (Å²) in [5.41, 5.74) is 5.56. The van der Waals surface area contributed by atoms with E-state index in [0.717, 1.165) is 0 Å². The van der Waals surface area contributed by atoms with E-state index in [9.17, 15) is 4.79 Å². The summed E-state index contributed by atoms with van der Waals surface area (Å²) in [6, 6.07) is -0.541. The molecule has 0 aliphatic heterocycles. The molecule has 0 aliphatic rings. The largest absolute Gasteiger partial charge is 0.392 e. The van der Waals surface area contributed by atoms with Crippen LogP contribution in [0.25, 0.3) is 0 Å². The summed E-state index contributed by atoms with van der Waals surface area (Å²) >= 11 is 0. The highest BCUT2D eigenvalue weighted by molar-refractivity contribution is 5.81. The Bertz CT molecular complexity index is 180. The van der Waals surface area contributed by atoms with E-state index in [1.54, 1.807) is 20.0 Å². The quantitative estimate of drug-likeness (QED) is 0.581. The SMILES string of the molecule is C=CCC(N)C(=O)N(C)CC(C)O. The molecule has 0 heterocycles. The fourth-order valence-electron chi connectivity index (χ4n) is 1.05. The number of hydrogen-bond donors (Lipinski definition) is 2. The van der Waals surface area contributed by atoms with Crippen LogP contribution in [-0.2, 0) is 4.79 Å². The normalized spacial score (nSPS) is 14.8. The summed E-state index contributed by atoms with van der Waals surface area (Å²) in [6.45, 7) is 5.44. The molecule has 13 heavy (non-hydrogen) atoms. The van der Waals surface area contributed by atoms with Gasteiger partial charge in [-0.25, -0.2) is 0 Å². The fourth-order valence-corrected chi connectivity index (χ4v) is 1.05. The van der Waals surface area contributed by atoms with E-state index in [1.807, 2.05) is 0 Å².